The number of hydrogen-bond acceptors (Lipinski definition) is 2. The molecule has 0 spiro atoms. The average Bonchev–Trinajstić information content (AvgIpc) is 2.38. The minimum atomic E-state index is -4.91. The van der Waals surface area contributed by atoms with Gasteiger partial charge < -0.3 is 10.5 Å². The molecule has 2 rings (SSSR count). The molecule has 0 aliphatic carbocycles. The van der Waals surface area contributed by atoms with Gasteiger partial charge in [-0.25, -0.2) is 0 Å². The lowest BCUT2D eigenvalue weighted by Gasteiger charge is -2.16. The topological polar surface area (TPSA) is 52.3 Å². The summed E-state index contributed by atoms with van der Waals surface area (Å²) < 4.78 is 41.5. The number of halogens is 3. The molecule has 3 nitrogen and oxygen atoms in total. The fourth-order valence-electron chi connectivity index (χ4n) is 1.80. The third-order valence-corrected chi connectivity index (χ3v) is 2.58. The van der Waals surface area contributed by atoms with Gasteiger partial charge in [0.15, 0.2) is 0 Å². The second-order valence-corrected chi connectivity index (χ2v) is 3.96. The third kappa shape index (κ3) is 3.09. The summed E-state index contributed by atoms with van der Waals surface area (Å²) in [7, 11) is 0. The first-order valence-corrected chi connectivity index (χ1v) is 5.62. The number of primary amides is 1. The molecule has 0 saturated carbocycles. The van der Waals surface area contributed by atoms with Crippen LogP contribution in [0.25, 0.3) is 11.1 Å². The lowest BCUT2D eigenvalue weighted by atomic mass is 10.0. The van der Waals surface area contributed by atoms with E-state index in [0.29, 0.717) is 5.56 Å². The predicted molar refractivity (Wildman–Crippen MR) is 67.1 cm³/mol. The minimum Gasteiger partial charge on any atom is -0.404 e. The molecular formula is C14H10F3NO2. The van der Waals surface area contributed by atoms with Crippen molar-refractivity contribution in [3.63, 3.8) is 0 Å². The van der Waals surface area contributed by atoms with Crippen LogP contribution in [0.4, 0.5) is 13.2 Å². The van der Waals surface area contributed by atoms with Gasteiger partial charge in [0.25, 0.3) is 5.91 Å². The van der Waals surface area contributed by atoms with Gasteiger partial charge in [-0.3, -0.25) is 4.79 Å². The van der Waals surface area contributed by atoms with E-state index < -0.39 is 18.0 Å². The van der Waals surface area contributed by atoms with Gasteiger partial charge in [-0.05, 0) is 11.6 Å². The summed E-state index contributed by atoms with van der Waals surface area (Å²) in [5, 5.41) is 0. The summed E-state index contributed by atoms with van der Waals surface area (Å²) >= 11 is 0. The van der Waals surface area contributed by atoms with Crippen LogP contribution in [0.2, 0.25) is 0 Å². The second-order valence-electron chi connectivity index (χ2n) is 3.96. The smallest absolute Gasteiger partial charge is 0.404 e. The first-order valence-electron chi connectivity index (χ1n) is 5.62. The Labute approximate surface area is 112 Å². The highest BCUT2D eigenvalue weighted by molar-refractivity contribution is 5.98. The Bertz CT molecular complexity index is 624. The largest absolute Gasteiger partial charge is 0.573 e. The molecule has 0 radical (unpaired) electrons. The molecule has 2 aromatic rings. The Kier molecular flexibility index (Phi) is 3.65. The fraction of sp³-hybridized carbons (Fsp3) is 0.0714. The third-order valence-electron chi connectivity index (χ3n) is 2.58. The molecule has 0 unspecified atom stereocenters. The molecule has 0 aromatic heterocycles. The predicted octanol–water partition coefficient (Wildman–Crippen LogP) is 3.35. The van der Waals surface area contributed by atoms with Gasteiger partial charge >= 0.3 is 6.36 Å². The number of benzene rings is 2. The molecule has 0 aliphatic heterocycles. The molecule has 6 heteroatoms. The second kappa shape index (κ2) is 5.24. The van der Waals surface area contributed by atoms with E-state index in [-0.39, 0.29) is 11.1 Å². The van der Waals surface area contributed by atoms with Gasteiger partial charge in [0, 0.05) is 5.56 Å². The van der Waals surface area contributed by atoms with Crippen molar-refractivity contribution >= 4 is 5.91 Å². The van der Waals surface area contributed by atoms with Crippen LogP contribution >= 0.6 is 0 Å². The Morgan fingerprint density at radius 1 is 1.00 bits per heavy atom. The van der Waals surface area contributed by atoms with Gasteiger partial charge in [0.05, 0.1) is 5.56 Å². The van der Waals surface area contributed by atoms with E-state index in [0.717, 1.165) is 0 Å². The Hall–Kier alpha value is -2.50. The lowest BCUT2D eigenvalue weighted by molar-refractivity contribution is -0.274. The quantitative estimate of drug-likeness (QED) is 0.938. The summed E-state index contributed by atoms with van der Waals surface area (Å²) in [4.78, 5) is 11.3. The van der Waals surface area contributed by atoms with Crippen LogP contribution < -0.4 is 10.5 Å². The maximum Gasteiger partial charge on any atom is 0.573 e. The number of carbonyl (C=O) groups is 1. The zero-order valence-electron chi connectivity index (χ0n) is 10.1. The zero-order chi connectivity index (χ0) is 14.8. The molecule has 104 valence electrons. The number of amides is 1. The van der Waals surface area contributed by atoms with Gasteiger partial charge in [-0.2, -0.15) is 0 Å². The Morgan fingerprint density at radius 3 is 2.20 bits per heavy atom. The molecule has 1 amide bonds. The van der Waals surface area contributed by atoms with Crippen molar-refractivity contribution < 1.29 is 22.7 Å². The average molecular weight is 281 g/mol. The normalized spacial score (nSPS) is 11.2. The van der Waals surface area contributed by atoms with Crippen LogP contribution in [-0.2, 0) is 0 Å². The highest BCUT2D eigenvalue weighted by Crippen LogP contribution is 2.36. The molecule has 20 heavy (non-hydrogen) atoms. The summed E-state index contributed by atoms with van der Waals surface area (Å²) in [5.41, 5.74) is 5.43. The molecule has 0 heterocycles. The summed E-state index contributed by atoms with van der Waals surface area (Å²) in [6.45, 7) is 0. The van der Waals surface area contributed by atoms with Crippen LogP contribution in [0.3, 0.4) is 0 Å². The van der Waals surface area contributed by atoms with E-state index in [9.17, 15) is 18.0 Å². The molecule has 2 aromatic carbocycles. The first kappa shape index (κ1) is 13.9. The van der Waals surface area contributed by atoms with Gasteiger partial charge in [0.1, 0.15) is 5.75 Å². The van der Waals surface area contributed by atoms with Crippen molar-refractivity contribution in [1.29, 1.82) is 0 Å². The van der Waals surface area contributed by atoms with E-state index >= 15 is 0 Å². The van der Waals surface area contributed by atoms with Crippen molar-refractivity contribution in [2.75, 3.05) is 0 Å². The monoisotopic (exact) mass is 281 g/mol. The zero-order valence-corrected chi connectivity index (χ0v) is 10.1. The number of alkyl halides is 3. The maximum absolute atomic E-state index is 12.5. The van der Waals surface area contributed by atoms with Gasteiger partial charge in [-0.15, -0.1) is 13.2 Å². The van der Waals surface area contributed by atoms with Gasteiger partial charge in [0.2, 0.25) is 0 Å². The lowest BCUT2D eigenvalue weighted by Crippen LogP contribution is -2.21. The molecule has 2 N–H and O–H groups in total. The van der Waals surface area contributed by atoms with Crippen LogP contribution in [0.15, 0.2) is 48.5 Å². The molecule has 0 fully saturated rings. The number of ether oxygens (including phenoxy) is 1. The highest BCUT2D eigenvalue weighted by atomic mass is 19.4. The van der Waals surface area contributed by atoms with E-state index in [1.54, 1.807) is 30.3 Å². The summed E-state index contributed by atoms with van der Waals surface area (Å²) in [5.74, 6) is -1.57. The highest BCUT2D eigenvalue weighted by Gasteiger charge is 2.34. The van der Waals surface area contributed by atoms with Crippen LogP contribution in [-0.4, -0.2) is 12.3 Å². The van der Waals surface area contributed by atoms with Crippen molar-refractivity contribution in [1.82, 2.24) is 0 Å². The number of rotatable bonds is 3. The van der Waals surface area contributed by atoms with Crippen molar-refractivity contribution in [2.45, 2.75) is 6.36 Å². The number of carbonyl (C=O) groups excluding carboxylic acids is 1. The van der Waals surface area contributed by atoms with Crippen molar-refractivity contribution in [2.24, 2.45) is 5.73 Å². The Balaban J connectivity index is 2.62. The fourth-order valence-corrected chi connectivity index (χ4v) is 1.80. The van der Waals surface area contributed by atoms with Crippen LogP contribution in [0, 0.1) is 0 Å². The van der Waals surface area contributed by atoms with Crippen LogP contribution in [0.1, 0.15) is 10.4 Å². The van der Waals surface area contributed by atoms with Crippen molar-refractivity contribution in [3.8, 4) is 16.9 Å². The molecule has 0 bridgehead atoms. The summed E-state index contributed by atoms with van der Waals surface area (Å²) in [6, 6.07) is 12.4. The molecular weight excluding hydrogens is 271 g/mol. The Morgan fingerprint density at radius 2 is 1.65 bits per heavy atom. The van der Waals surface area contributed by atoms with Crippen molar-refractivity contribution in [3.05, 3.63) is 54.1 Å². The van der Waals surface area contributed by atoms with Gasteiger partial charge in [-0.1, -0.05) is 42.5 Å². The minimum absolute atomic E-state index is 0.152. The van der Waals surface area contributed by atoms with E-state index in [4.69, 9.17) is 5.73 Å². The summed E-state index contributed by atoms with van der Waals surface area (Å²) in [6.07, 6.45) is -4.91. The van der Waals surface area contributed by atoms with E-state index in [2.05, 4.69) is 4.74 Å². The van der Waals surface area contributed by atoms with E-state index in [1.807, 2.05) is 0 Å². The number of nitrogens with two attached hydrogens (primary N) is 1. The first-order chi connectivity index (χ1) is 9.38. The number of para-hydroxylation sites is 1. The molecule has 0 atom stereocenters. The van der Waals surface area contributed by atoms with Crippen LogP contribution in [0.5, 0.6) is 5.75 Å². The SMILES string of the molecule is NC(=O)c1cccc(-c2ccccc2)c1OC(F)(F)F. The molecule has 0 aliphatic rings. The maximum atomic E-state index is 12.5. The standard InChI is InChI=1S/C14H10F3NO2/c15-14(16,17)20-12-10(9-5-2-1-3-6-9)7-4-8-11(12)13(18)19/h1-8H,(H2,18,19). The number of hydrogen-bond donors (Lipinski definition) is 1. The molecule has 0 saturated heterocycles. The van der Waals surface area contributed by atoms with E-state index in [1.165, 1.54) is 18.2 Å².